The molecule has 2 aliphatic heterocycles. The van der Waals surface area contributed by atoms with Crippen molar-refractivity contribution in [3.05, 3.63) is 35.4 Å². The van der Waals surface area contributed by atoms with Crippen molar-refractivity contribution in [3.63, 3.8) is 0 Å². The zero-order valence-corrected chi connectivity index (χ0v) is 20.6. The van der Waals surface area contributed by atoms with Gasteiger partial charge in [-0.3, -0.25) is 9.59 Å². The van der Waals surface area contributed by atoms with Crippen LogP contribution in [0.2, 0.25) is 0 Å². The van der Waals surface area contributed by atoms with E-state index in [1.54, 1.807) is 0 Å². The van der Waals surface area contributed by atoms with Gasteiger partial charge in [0, 0.05) is 37.6 Å². The van der Waals surface area contributed by atoms with Crippen molar-refractivity contribution < 1.29 is 19.1 Å². The van der Waals surface area contributed by atoms with Crippen molar-refractivity contribution in [3.8, 4) is 0 Å². The Labute approximate surface area is 202 Å². The monoisotopic (exact) mass is 472 g/mol. The first kappa shape index (κ1) is 24.5. The standard InChI is InChI=1S/C26H36N2O4S/c1-3-31-26(32-4-2)20-10-7-13-28(20)25(30)24-23(22(33)16-27-24)21(29)15-17-11-12-18-8-5-6-9-19(18)14-17/h5-6,8-9,17,20,23-24,26-27H,3-4,7,10-16H2,1-2H3/t17-,20-,23?,24-/m0/s1. The van der Waals surface area contributed by atoms with Crippen LogP contribution in [0.15, 0.2) is 24.3 Å². The lowest BCUT2D eigenvalue weighted by atomic mass is 9.79. The average molecular weight is 473 g/mol. The van der Waals surface area contributed by atoms with Crippen LogP contribution in [0.4, 0.5) is 0 Å². The molecule has 0 aromatic heterocycles. The van der Waals surface area contributed by atoms with E-state index in [4.69, 9.17) is 21.7 Å². The molecule has 1 N–H and O–H groups in total. The van der Waals surface area contributed by atoms with Gasteiger partial charge in [0.05, 0.1) is 12.0 Å². The van der Waals surface area contributed by atoms with Crippen LogP contribution in [-0.2, 0) is 31.9 Å². The number of aryl methyl sites for hydroxylation is 1. The second kappa shape index (κ2) is 11.2. The van der Waals surface area contributed by atoms with Crippen LogP contribution < -0.4 is 5.32 Å². The summed E-state index contributed by atoms with van der Waals surface area (Å²) in [5.41, 5.74) is 2.74. The molecule has 1 aliphatic carbocycles. The third-order valence-electron chi connectivity index (χ3n) is 7.29. The van der Waals surface area contributed by atoms with Crippen molar-refractivity contribution in [1.82, 2.24) is 10.2 Å². The number of thiocarbonyl (C=S) groups is 1. The second-order valence-corrected chi connectivity index (χ2v) is 9.90. The molecule has 0 saturated carbocycles. The van der Waals surface area contributed by atoms with Crippen LogP contribution in [0.5, 0.6) is 0 Å². The number of amides is 1. The first-order valence-electron chi connectivity index (χ1n) is 12.4. The Morgan fingerprint density at radius 2 is 1.88 bits per heavy atom. The Morgan fingerprint density at radius 1 is 1.15 bits per heavy atom. The number of likely N-dealkylation sites (tertiary alicyclic amines) is 1. The first-order chi connectivity index (χ1) is 16.0. The summed E-state index contributed by atoms with van der Waals surface area (Å²) >= 11 is 5.58. The summed E-state index contributed by atoms with van der Waals surface area (Å²) in [6.45, 7) is 6.02. The van der Waals surface area contributed by atoms with Crippen LogP contribution in [0.25, 0.3) is 0 Å². The molecule has 1 unspecified atom stereocenters. The number of carbonyl (C=O) groups is 2. The van der Waals surface area contributed by atoms with Gasteiger partial charge in [0.2, 0.25) is 5.91 Å². The fourth-order valence-corrected chi connectivity index (χ4v) is 6.06. The molecule has 3 aliphatic rings. The van der Waals surface area contributed by atoms with E-state index in [9.17, 15) is 9.59 Å². The lowest BCUT2D eigenvalue weighted by Crippen LogP contribution is -2.53. The highest BCUT2D eigenvalue weighted by atomic mass is 32.1. The zero-order chi connectivity index (χ0) is 23.4. The van der Waals surface area contributed by atoms with E-state index < -0.39 is 18.2 Å². The van der Waals surface area contributed by atoms with Crippen LogP contribution in [0, 0.1) is 11.8 Å². The maximum absolute atomic E-state index is 13.6. The number of nitrogens with one attached hydrogen (secondary N) is 1. The van der Waals surface area contributed by atoms with Crippen molar-refractivity contribution in [1.29, 1.82) is 0 Å². The summed E-state index contributed by atoms with van der Waals surface area (Å²) in [4.78, 5) is 29.6. The number of benzene rings is 1. The fourth-order valence-electron chi connectivity index (χ4n) is 5.71. The van der Waals surface area contributed by atoms with Gasteiger partial charge in [0.25, 0.3) is 0 Å². The van der Waals surface area contributed by atoms with Crippen LogP contribution in [-0.4, -0.2) is 66.1 Å². The maximum atomic E-state index is 13.6. The number of ether oxygens (including phenoxy) is 2. The molecule has 2 fully saturated rings. The molecule has 4 atom stereocenters. The predicted octanol–water partition coefficient (Wildman–Crippen LogP) is 3.10. The van der Waals surface area contributed by atoms with E-state index in [1.165, 1.54) is 11.1 Å². The number of Topliss-reactive ketones (excluding diaryl/α,β-unsaturated/α-hetero) is 1. The van der Waals surface area contributed by atoms with Crippen molar-refractivity contribution >= 4 is 28.8 Å². The molecule has 1 aromatic rings. The normalized spacial score (nSPS) is 27.2. The molecule has 1 amide bonds. The third kappa shape index (κ3) is 5.37. The van der Waals surface area contributed by atoms with E-state index in [1.807, 2.05) is 18.7 Å². The number of nitrogens with zero attached hydrogens (tertiary/aromatic N) is 1. The minimum absolute atomic E-state index is 0.0471. The Hall–Kier alpha value is -1.67. The molecular formula is C26H36N2O4S. The molecule has 6 nitrogen and oxygen atoms in total. The molecule has 33 heavy (non-hydrogen) atoms. The molecule has 2 saturated heterocycles. The Morgan fingerprint density at radius 3 is 2.61 bits per heavy atom. The largest absolute Gasteiger partial charge is 0.351 e. The fraction of sp³-hybridized carbons (Fsp3) is 0.654. The van der Waals surface area contributed by atoms with Gasteiger partial charge in [-0.25, -0.2) is 0 Å². The molecule has 0 spiro atoms. The SMILES string of the molecule is CCOC(OCC)[C@@H]1CCCN1C(=O)[C@H]1NCC(=S)C1C(=O)C[C@H]1CCc2ccccc2C1. The maximum Gasteiger partial charge on any atom is 0.241 e. The van der Waals surface area contributed by atoms with Gasteiger partial charge >= 0.3 is 0 Å². The van der Waals surface area contributed by atoms with Crippen LogP contribution >= 0.6 is 12.2 Å². The third-order valence-corrected chi connectivity index (χ3v) is 7.68. The molecule has 0 radical (unpaired) electrons. The molecular weight excluding hydrogens is 436 g/mol. The second-order valence-electron chi connectivity index (χ2n) is 9.37. The molecule has 180 valence electrons. The molecule has 0 bridgehead atoms. The lowest BCUT2D eigenvalue weighted by molar-refractivity contribution is -0.176. The summed E-state index contributed by atoms with van der Waals surface area (Å²) < 4.78 is 11.6. The molecule has 4 rings (SSSR count). The molecule has 1 aromatic carbocycles. The highest BCUT2D eigenvalue weighted by molar-refractivity contribution is 7.80. The van der Waals surface area contributed by atoms with Crippen LogP contribution in [0.3, 0.4) is 0 Å². The summed E-state index contributed by atoms with van der Waals surface area (Å²) in [6, 6.07) is 7.79. The van der Waals surface area contributed by atoms with Crippen molar-refractivity contribution in [2.45, 2.75) is 70.7 Å². The number of hydrogen-bond acceptors (Lipinski definition) is 6. The van der Waals surface area contributed by atoms with Gasteiger partial charge in [0.15, 0.2) is 6.29 Å². The van der Waals surface area contributed by atoms with Crippen molar-refractivity contribution in [2.75, 3.05) is 26.3 Å². The number of carbonyl (C=O) groups excluding carboxylic acids is 2. The zero-order valence-electron chi connectivity index (χ0n) is 19.8. The van der Waals surface area contributed by atoms with Gasteiger partial charge in [-0.15, -0.1) is 0 Å². The summed E-state index contributed by atoms with van der Waals surface area (Å²) in [5.74, 6) is -0.154. The first-order valence-corrected chi connectivity index (χ1v) is 12.8. The van der Waals surface area contributed by atoms with E-state index >= 15 is 0 Å². The summed E-state index contributed by atoms with van der Waals surface area (Å²) in [7, 11) is 0. The lowest BCUT2D eigenvalue weighted by Gasteiger charge is -2.33. The van der Waals surface area contributed by atoms with Gasteiger partial charge in [-0.1, -0.05) is 36.5 Å². The van der Waals surface area contributed by atoms with E-state index in [2.05, 4.69) is 29.6 Å². The Balaban J connectivity index is 1.43. The minimum atomic E-state index is -0.578. The highest BCUT2D eigenvalue weighted by Gasteiger charge is 2.46. The van der Waals surface area contributed by atoms with E-state index in [0.29, 0.717) is 43.5 Å². The van der Waals surface area contributed by atoms with Crippen molar-refractivity contribution in [2.24, 2.45) is 11.8 Å². The number of rotatable bonds is 9. The smallest absolute Gasteiger partial charge is 0.241 e. The van der Waals surface area contributed by atoms with Gasteiger partial charge in [0.1, 0.15) is 11.8 Å². The molecule has 2 heterocycles. The Kier molecular flexibility index (Phi) is 8.28. The average Bonchev–Trinajstić information content (AvgIpc) is 3.45. The summed E-state index contributed by atoms with van der Waals surface area (Å²) in [5, 5.41) is 3.26. The minimum Gasteiger partial charge on any atom is -0.351 e. The number of hydrogen-bond donors (Lipinski definition) is 1. The van der Waals surface area contributed by atoms with E-state index in [-0.39, 0.29) is 17.7 Å². The van der Waals surface area contributed by atoms with Gasteiger partial charge < -0.3 is 19.7 Å². The Bertz CT molecular complexity index is 870. The predicted molar refractivity (Wildman–Crippen MR) is 131 cm³/mol. The topological polar surface area (TPSA) is 67.9 Å². The summed E-state index contributed by atoms with van der Waals surface area (Å²) in [6.07, 6.45) is 4.73. The highest BCUT2D eigenvalue weighted by Crippen LogP contribution is 2.31. The van der Waals surface area contributed by atoms with E-state index in [0.717, 1.165) is 32.1 Å². The van der Waals surface area contributed by atoms with Gasteiger partial charge in [-0.2, -0.15) is 0 Å². The molecule has 7 heteroatoms. The number of fused-ring (bicyclic) bond motifs is 1. The number of ketones is 1. The van der Waals surface area contributed by atoms with Gasteiger partial charge in [-0.05, 0) is 63.0 Å². The van der Waals surface area contributed by atoms with Crippen LogP contribution in [0.1, 0.15) is 50.7 Å². The quantitative estimate of drug-likeness (QED) is 0.440.